The van der Waals surface area contributed by atoms with Gasteiger partial charge in [0.1, 0.15) is 0 Å². The third-order valence-electron chi connectivity index (χ3n) is 1.63. The van der Waals surface area contributed by atoms with E-state index in [4.69, 9.17) is 5.73 Å². The van der Waals surface area contributed by atoms with Crippen LogP contribution in [0.25, 0.3) is 0 Å². The van der Waals surface area contributed by atoms with Crippen LogP contribution in [0.1, 0.15) is 12.5 Å². The van der Waals surface area contributed by atoms with E-state index < -0.39 is 11.8 Å². The van der Waals surface area contributed by atoms with Crippen molar-refractivity contribution >= 4 is 17.5 Å². The monoisotopic (exact) mass is 206 g/mol. The maximum atomic E-state index is 10.8. The summed E-state index contributed by atoms with van der Waals surface area (Å²) in [6.45, 7) is 1.68. The molecule has 0 aliphatic rings. The zero-order chi connectivity index (χ0) is 11.3. The molecule has 78 valence electrons. The highest BCUT2D eigenvalue weighted by atomic mass is 16.2. The van der Waals surface area contributed by atoms with Gasteiger partial charge >= 0.3 is 11.8 Å². The second kappa shape index (κ2) is 4.85. The van der Waals surface area contributed by atoms with Crippen LogP contribution in [-0.2, 0) is 9.59 Å². The van der Waals surface area contributed by atoms with Crippen molar-refractivity contribution in [3.63, 3.8) is 0 Å². The minimum absolute atomic E-state index is 0.540. The Morgan fingerprint density at radius 2 is 2.27 bits per heavy atom. The largest absolute Gasteiger partial charge is 0.361 e. The lowest BCUT2D eigenvalue weighted by atomic mass is 10.2. The molecule has 1 heterocycles. The Bertz CT molecular complexity index is 400. The van der Waals surface area contributed by atoms with Gasteiger partial charge in [0.05, 0.1) is 5.71 Å². The molecule has 0 unspecified atom stereocenters. The molecule has 0 atom stereocenters. The van der Waals surface area contributed by atoms with Crippen molar-refractivity contribution in [3.8, 4) is 0 Å². The van der Waals surface area contributed by atoms with Gasteiger partial charge in [0.2, 0.25) is 0 Å². The maximum absolute atomic E-state index is 10.8. The van der Waals surface area contributed by atoms with E-state index >= 15 is 0 Å². The summed E-state index contributed by atoms with van der Waals surface area (Å²) in [5.74, 6) is -2.02. The first-order valence-electron chi connectivity index (χ1n) is 4.15. The number of carbonyl (C=O) groups is 2. The fourth-order valence-electron chi connectivity index (χ4n) is 0.831. The van der Waals surface area contributed by atoms with Crippen LogP contribution in [0.5, 0.6) is 0 Å². The van der Waals surface area contributed by atoms with E-state index in [0.29, 0.717) is 5.71 Å². The molecule has 1 aromatic heterocycles. The molecule has 2 amide bonds. The first kappa shape index (κ1) is 10.8. The summed E-state index contributed by atoms with van der Waals surface area (Å²) in [6.07, 6.45) is 3.22. The van der Waals surface area contributed by atoms with Gasteiger partial charge in [-0.1, -0.05) is 6.07 Å². The lowest BCUT2D eigenvalue weighted by Crippen LogP contribution is -2.33. The highest BCUT2D eigenvalue weighted by Crippen LogP contribution is 1.96. The van der Waals surface area contributed by atoms with Gasteiger partial charge in [0, 0.05) is 18.0 Å². The quantitative estimate of drug-likeness (QED) is 0.384. The summed E-state index contributed by atoms with van der Waals surface area (Å²) < 4.78 is 0. The molecule has 0 bridgehead atoms. The number of hydrogen-bond donors (Lipinski definition) is 2. The second-order valence-electron chi connectivity index (χ2n) is 2.74. The molecule has 0 aromatic carbocycles. The molecule has 0 spiro atoms. The number of hydrogen-bond acceptors (Lipinski definition) is 4. The SMILES string of the molecule is C/C(=N/NC(=O)C(N)=O)c1cccnc1. The third-order valence-corrected chi connectivity index (χ3v) is 1.63. The minimum Gasteiger partial charge on any atom is -0.361 e. The smallest absolute Gasteiger partial charge is 0.329 e. The van der Waals surface area contributed by atoms with Crippen molar-refractivity contribution < 1.29 is 9.59 Å². The van der Waals surface area contributed by atoms with E-state index in [-0.39, 0.29) is 0 Å². The molecule has 6 heteroatoms. The van der Waals surface area contributed by atoms with Gasteiger partial charge in [0.15, 0.2) is 0 Å². The molecule has 0 radical (unpaired) electrons. The average Bonchev–Trinajstić information content (AvgIpc) is 2.26. The van der Waals surface area contributed by atoms with E-state index in [0.717, 1.165) is 5.56 Å². The van der Waals surface area contributed by atoms with Crippen molar-refractivity contribution in [2.75, 3.05) is 0 Å². The van der Waals surface area contributed by atoms with Crippen molar-refractivity contribution in [3.05, 3.63) is 30.1 Å². The highest BCUT2D eigenvalue weighted by Gasteiger charge is 2.06. The number of nitrogens with zero attached hydrogens (tertiary/aromatic N) is 2. The van der Waals surface area contributed by atoms with Crippen molar-refractivity contribution in [2.24, 2.45) is 10.8 Å². The first-order valence-corrected chi connectivity index (χ1v) is 4.15. The van der Waals surface area contributed by atoms with Crippen LogP contribution in [0.15, 0.2) is 29.6 Å². The van der Waals surface area contributed by atoms with Gasteiger partial charge in [-0.15, -0.1) is 0 Å². The van der Waals surface area contributed by atoms with E-state index in [2.05, 4.69) is 10.1 Å². The summed E-state index contributed by atoms with van der Waals surface area (Å²) in [7, 11) is 0. The number of hydrazone groups is 1. The molecule has 0 saturated heterocycles. The Morgan fingerprint density at radius 1 is 1.53 bits per heavy atom. The van der Waals surface area contributed by atoms with Crippen LogP contribution in [0.4, 0.5) is 0 Å². The van der Waals surface area contributed by atoms with Gasteiger partial charge in [-0.05, 0) is 13.0 Å². The number of nitrogens with one attached hydrogen (secondary N) is 1. The molecule has 1 aromatic rings. The van der Waals surface area contributed by atoms with Gasteiger partial charge in [-0.25, -0.2) is 5.43 Å². The average molecular weight is 206 g/mol. The molecule has 15 heavy (non-hydrogen) atoms. The van der Waals surface area contributed by atoms with Crippen molar-refractivity contribution in [1.82, 2.24) is 10.4 Å². The summed E-state index contributed by atoms with van der Waals surface area (Å²) in [5, 5.41) is 3.69. The number of amides is 2. The Balaban J connectivity index is 2.69. The molecule has 3 N–H and O–H groups in total. The van der Waals surface area contributed by atoms with E-state index in [1.54, 1.807) is 31.5 Å². The van der Waals surface area contributed by atoms with Crippen LogP contribution in [0, 0.1) is 0 Å². The van der Waals surface area contributed by atoms with Crippen molar-refractivity contribution in [2.45, 2.75) is 6.92 Å². The molecule has 0 aliphatic carbocycles. The molecular formula is C9H10N4O2. The lowest BCUT2D eigenvalue weighted by molar-refractivity contribution is -0.137. The number of rotatable bonds is 2. The van der Waals surface area contributed by atoms with Gasteiger partial charge in [0.25, 0.3) is 0 Å². The minimum atomic E-state index is -1.07. The van der Waals surface area contributed by atoms with Gasteiger partial charge in [-0.3, -0.25) is 14.6 Å². The number of primary amides is 1. The van der Waals surface area contributed by atoms with Crippen LogP contribution < -0.4 is 11.2 Å². The standard InChI is InChI=1S/C9H10N4O2/c1-6(7-3-2-4-11-5-7)12-13-9(15)8(10)14/h2-5H,1H3,(H2,10,14)(H,13,15)/b12-6-. The van der Waals surface area contributed by atoms with Crippen LogP contribution >= 0.6 is 0 Å². The number of aromatic nitrogens is 1. The van der Waals surface area contributed by atoms with Crippen LogP contribution in [-0.4, -0.2) is 22.5 Å². The van der Waals surface area contributed by atoms with Gasteiger partial charge in [-0.2, -0.15) is 5.10 Å². The zero-order valence-corrected chi connectivity index (χ0v) is 8.10. The predicted octanol–water partition coefficient (Wildman–Crippen LogP) is -0.593. The molecule has 0 saturated carbocycles. The summed E-state index contributed by atoms with van der Waals surface area (Å²) in [4.78, 5) is 25.0. The fourth-order valence-corrected chi connectivity index (χ4v) is 0.831. The summed E-state index contributed by atoms with van der Waals surface area (Å²) in [6, 6.07) is 3.52. The topological polar surface area (TPSA) is 97.4 Å². The Labute approximate surface area is 86.2 Å². The Kier molecular flexibility index (Phi) is 3.50. The Morgan fingerprint density at radius 3 is 2.80 bits per heavy atom. The predicted molar refractivity (Wildman–Crippen MR) is 53.8 cm³/mol. The van der Waals surface area contributed by atoms with Crippen LogP contribution in [0.3, 0.4) is 0 Å². The summed E-state index contributed by atoms with van der Waals surface area (Å²) >= 11 is 0. The number of pyridine rings is 1. The van der Waals surface area contributed by atoms with E-state index in [1.807, 2.05) is 5.43 Å². The second-order valence-corrected chi connectivity index (χ2v) is 2.74. The highest BCUT2D eigenvalue weighted by molar-refractivity contribution is 6.34. The van der Waals surface area contributed by atoms with E-state index in [9.17, 15) is 9.59 Å². The van der Waals surface area contributed by atoms with Gasteiger partial charge < -0.3 is 5.73 Å². The first-order chi connectivity index (χ1) is 7.11. The van der Waals surface area contributed by atoms with E-state index in [1.165, 1.54) is 0 Å². The normalized spacial score (nSPS) is 10.9. The van der Waals surface area contributed by atoms with Crippen LogP contribution in [0.2, 0.25) is 0 Å². The third kappa shape index (κ3) is 3.18. The molecule has 0 fully saturated rings. The molecular weight excluding hydrogens is 196 g/mol. The fraction of sp³-hybridized carbons (Fsp3) is 0.111. The van der Waals surface area contributed by atoms with Crippen molar-refractivity contribution in [1.29, 1.82) is 0 Å². The molecule has 0 aliphatic heterocycles. The maximum Gasteiger partial charge on any atom is 0.329 e. The zero-order valence-electron chi connectivity index (χ0n) is 8.10. The summed E-state index contributed by atoms with van der Waals surface area (Å²) in [5.41, 5.74) is 8.05. The number of nitrogens with two attached hydrogens (primary N) is 1. The Hall–Kier alpha value is -2.24. The lowest BCUT2D eigenvalue weighted by Gasteiger charge is -1.99. The number of carbonyl (C=O) groups excluding carboxylic acids is 2. The molecule has 6 nitrogen and oxygen atoms in total. The molecule has 1 rings (SSSR count).